The maximum absolute atomic E-state index is 10.3. The number of hydrogen-bond donors (Lipinski definition) is 3. The Bertz CT molecular complexity index is 192. The molecular weight excluding hydrogens is 187 g/mol. The molecule has 0 aliphatic carbocycles. The van der Waals surface area contributed by atoms with Gasteiger partial charge < -0.3 is 0 Å². The van der Waals surface area contributed by atoms with E-state index in [0.29, 0.717) is 0 Å². The van der Waals surface area contributed by atoms with Gasteiger partial charge in [0, 0.05) is 0 Å². The van der Waals surface area contributed by atoms with Crippen molar-refractivity contribution in [3.8, 4) is 0 Å². The number of hydrogen-bond acceptors (Lipinski definition) is 4. The van der Waals surface area contributed by atoms with Gasteiger partial charge in [0.1, 0.15) is 0 Å². The molecule has 2 atom stereocenters. The number of carbonyl (C=O) groups is 1. The van der Waals surface area contributed by atoms with Crippen LogP contribution in [0.4, 0.5) is 0 Å². The zero-order chi connectivity index (χ0) is 8.85. The van der Waals surface area contributed by atoms with Gasteiger partial charge in [-0.3, -0.25) is 0 Å². The number of carboxylic acids is 1. The molecule has 0 aliphatic rings. The Morgan fingerprint density at radius 2 is 2.36 bits per heavy atom. The molecule has 0 amide bonds. The molecule has 11 heavy (non-hydrogen) atoms. The van der Waals surface area contributed by atoms with E-state index in [1.54, 1.807) is 0 Å². The van der Waals surface area contributed by atoms with Crippen LogP contribution in [0.25, 0.3) is 0 Å². The van der Waals surface area contributed by atoms with Crippen LogP contribution in [0, 0.1) is 0 Å². The van der Waals surface area contributed by atoms with Crippen molar-refractivity contribution in [1.29, 1.82) is 0 Å². The monoisotopic (exact) mass is 195 g/mol. The molecule has 0 radical (unpaired) electrons. The average Bonchev–Trinajstić information content (AvgIpc) is 1.87. The van der Waals surface area contributed by atoms with Crippen molar-refractivity contribution >= 4 is 24.9 Å². The van der Waals surface area contributed by atoms with E-state index in [1.165, 1.54) is 6.92 Å². The van der Waals surface area contributed by atoms with E-state index in [2.05, 4.69) is 22.1 Å². The fourth-order valence-corrected chi connectivity index (χ4v) is 0.768. The minimum atomic E-state index is -1.15. The average molecular weight is 195 g/mol. The molecule has 62 valence electrons. The second-order valence-electron chi connectivity index (χ2n) is 1.87. The summed E-state index contributed by atoms with van der Waals surface area (Å²) in [4.78, 5) is 13.7. The Balaban J connectivity index is 4.11. The van der Waals surface area contributed by atoms with E-state index in [-0.39, 0.29) is 7.15 Å². The van der Waals surface area contributed by atoms with Crippen LogP contribution in [0.1, 0.15) is 6.92 Å². The zero-order valence-electron chi connectivity index (χ0n) is 5.76. The summed E-state index contributed by atoms with van der Waals surface area (Å²) in [5, 5.41) is 17.3. The molecule has 0 rings (SSSR count). The maximum atomic E-state index is 10.3. The van der Waals surface area contributed by atoms with Crippen molar-refractivity contribution in [2.24, 2.45) is 4.85 Å². The molecule has 0 aromatic carbocycles. The first-order valence-electron chi connectivity index (χ1n) is 2.78. The van der Waals surface area contributed by atoms with Crippen LogP contribution in [-0.2, 0) is 16.6 Å². The molecule has 2 unspecified atom stereocenters. The summed E-state index contributed by atoms with van der Waals surface area (Å²) in [6, 6.07) is -1.08. The van der Waals surface area contributed by atoms with Gasteiger partial charge in [-0.25, -0.2) is 0 Å². The third-order valence-electron chi connectivity index (χ3n) is 0.986. The van der Waals surface area contributed by atoms with E-state index < -0.39 is 18.1 Å². The van der Waals surface area contributed by atoms with Gasteiger partial charge in [0.15, 0.2) is 0 Å². The Morgan fingerprint density at radius 3 is 2.64 bits per heavy atom. The number of rotatable bonds is 4. The SMILES string of the molecule is CC(O)C(NN=[P+]=S)C(=O)O. The molecule has 7 heteroatoms. The van der Waals surface area contributed by atoms with Crippen LogP contribution >= 0.6 is 7.15 Å². The molecule has 0 fully saturated rings. The van der Waals surface area contributed by atoms with E-state index in [0.717, 1.165) is 0 Å². The number of aliphatic carboxylic acids is 1. The molecule has 0 saturated carbocycles. The van der Waals surface area contributed by atoms with Gasteiger partial charge >= 0.3 is 69.3 Å². The van der Waals surface area contributed by atoms with E-state index in [9.17, 15) is 4.79 Å². The minimum absolute atomic E-state index is 0.273. The van der Waals surface area contributed by atoms with E-state index in [1.807, 2.05) is 0 Å². The molecule has 0 saturated heterocycles. The van der Waals surface area contributed by atoms with Crippen molar-refractivity contribution in [2.75, 3.05) is 0 Å². The summed E-state index contributed by atoms with van der Waals surface area (Å²) in [6.45, 7) is 1.36. The van der Waals surface area contributed by atoms with Gasteiger partial charge in [-0.1, -0.05) is 0 Å². The molecule has 0 heterocycles. The Labute approximate surface area is 70.0 Å². The predicted octanol–water partition coefficient (Wildman–Crippen LogP) is -0.0833. The normalized spacial score (nSPS) is 15.1. The van der Waals surface area contributed by atoms with Crippen molar-refractivity contribution in [2.45, 2.75) is 19.1 Å². The Kier molecular flexibility index (Phi) is 5.41. The molecule has 5 nitrogen and oxygen atoms in total. The zero-order valence-corrected chi connectivity index (χ0v) is 7.47. The summed E-state index contributed by atoms with van der Waals surface area (Å²) in [5.74, 6) is -1.15. The second-order valence-corrected chi connectivity index (χ2v) is 2.72. The first kappa shape index (κ1) is 10.8. The number of aliphatic hydroxyl groups excluding tert-OH is 1. The van der Waals surface area contributed by atoms with Crippen LogP contribution < -0.4 is 5.43 Å². The third-order valence-corrected chi connectivity index (χ3v) is 1.43. The summed E-state index contributed by atoms with van der Waals surface area (Å²) < 4.78 is 0. The van der Waals surface area contributed by atoms with E-state index in [4.69, 9.17) is 10.2 Å². The molecule has 3 N–H and O–H groups in total. The van der Waals surface area contributed by atoms with Crippen LogP contribution in [-0.4, -0.2) is 28.3 Å². The van der Waals surface area contributed by atoms with Crippen molar-refractivity contribution < 1.29 is 15.0 Å². The van der Waals surface area contributed by atoms with Gasteiger partial charge in [-0.15, -0.1) is 0 Å². The van der Waals surface area contributed by atoms with Crippen molar-refractivity contribution in [3.05, 3.63) is 0 Å². The molecule has 0 spiro atoms. The molecule has 0 aromatic heterocycles. The topological polar surface area (TPSA) is 81.9 Å². The molecular formula is C4H8N2O3PS+. The molecule has 0 aliphatic heterocycles. The van der Waals surface area contributed by atoms with E-state index >= 15 is 0 Å². The standard InChI is InChI=1S/C4H7N2O3PS/c1-2(7)3(4(8)9)5-6-10-11/h2-3,5,7H,1H3/p+1. The van der Waals surface area contributed by atoms with Gasteiger partial charge in [-0.05, 0) is 0 Å². The first-order valence-corrected chi connectivity index (χ1v) is 4.64. The van der Waals surface area contributed by atoms with Crippen LogP contribution in [0.2, 0.25) is 0 Å². The number of nitrogens with zero attached hydrogens (tertiary/aromatic N) is 1. The fourth-order valence-electron chi connectivity index (χ4n) is 0.455. The van der Waals surface area contributed by atoms with Gasteiger partial charge in [0.25, 0.3) is 0 Å². The Morgan fingerprint density at radius 1 is 1.82 bits per heavy atom. The summed E-state index contributed by atoms with van der Waals surface area (Å²) in [7, 11) is 0.273. The Hall–Kier alpha value is -0.160. The van der Waals surface area contributed by atoms with Gasteiger partial charge in [0.05, 0.1) is 0 Å². The second kappa shape index (κ2) is 5.49. The van der Waals surface area contributed by atoms with Gasteiger partial charge in [0.2, 0.25) is 0 Å². The number of carboxylic acid groups (broad SMARTS) is 1. The first-order chi connectivity index (χ1) is 5.09. The summed E-state index contributed by atoms with van der Waals surface area (Å²) >= 11 is 4.41. The molecule has 0 aromatic rings. The van der Waals surface area contributed by atoms with Crippen molar-refractivity contribution in [3.63, 3.8) is 0 Å². The number of nitrogens with one attached hydrogen (secondary N) is 1. The summed E-state index contributed by atoms with van der Waals surface area (Å²) in [5.41, 5.74) is 2.23. The van der Waals surface area contributed by atoms with Crippen LogP contribution in [0.15, 0.2) is 4.85 Å². The third kappa shape index (κ3) is 4.31. The van der Waals surface area contributed by atoms with Gasteiger partial charge in [-0.2, -0.15) is 0 Å². The number of aliphatic hydroxyl groups is 1. The predicted molar refractivity (Wildman–Crippen MR) is 43.0 cm³/mol. The van der Waals surface area contributed by atoms with Crippen LogP contribution in [0.3, 0.4) is 0 Å². The van der Waals surface area contributed by atoms with Crippen molar-refractivity contribution in [1.82, 2.24) is 5.43 Å². The van der Waals surface area contributed by atoms with Crippen LogP contribution in [0.5, 0.6) is 0 Å². The molecule has 0 bridgehead atoms. The fraction of sp³-hybridized carbons (Fsp3) is 0.750. The quantitative estimate of drug-likeness (QED) is 0.431. The summed E-state index contributed by atoms with van der Waals surface area (Å²) in [6.07, 6.45) is -0.993.